The summed E-state index contributed by atoms with van der Waals surface area (Å²) in [6.45, 7) is 9.65. The van der Waals surface area contributed by atoms with Crippen LogP contribution in [0.3, 0.4) is 0 Å². The highest BCUT2D eigenvalue weighted by molar-refractivity contribution is 5.94. The molecule has 0 aromatic heterocycles. The van der Waals surface area contributed by atoms with Crippen LogP contribution in [0.4, 0.5) is 0 Å². The number of rotatable bonds is 0. The van der Waals surface area contributed by atoms with Crippen LogP contribution >= 0.6 is 0 Å². The van der Waals surface area contributed by atoms with Gasteiger partial charge in [-0.2, -0.15) is 0 Å². The summed E-state index contributed by atoms with van der Waals surface area (Å²) in [7, 11) is 0. The van der Waals surface area contributed by atoms with Crippen LogP contribution in [0.15, 0.2) is 36.4 Å². The van der Waals surface area contributed by atoms with E-state index in [1.54, 1.807) is 11.5 Å². The van der Waals surface area contributed by atoms with Crippen LogP contribution in [-0.2, 0) is 5.41 Å². The lowest BCUT2D eigenvalue weighted by Gasteiger charge is -2.27. The lowest BCUT2D eigenvalue weighted by atomic mass is 9.70. The molecule has 2 aliphatic rings. The van der Waals surface area contributed by atoms with Crippen LogP contribution in [0.5, 0.6) is 0 Å². The van der Waals surface area contributed by atoms with E-state index in [-0.39, 0.29) is 0 Å². The summed E-state index contributed by atoms with van der Waals surface area (Å²) in [4.78, 5) is 0. The quantitative estimate of drug-likeness (QED) is 0.580. The highest BCUT2D eigenvalue weighted by atomic mass is 14.8. The summed E-state index contributed by atoms with van der Waals surface area (Å²) in [5.41, 5.74) is 3.74. The molecule has 0 unspecified atom stereocenters. The van der Waals surface area contributed by atoms with Gasteiger partial charge in [-0.15, -0.1) is 0 Å². The minimum Gasteiger partial charge on any atom is -0.0595 e. The third-order valence-corrected chi connectivity index (χ3v) is 6.37. The topological polar surface area (TPSA) is 0 Å². The molecule has 4 rings (SSSR count). The van der Waals surface area contributed by atoms with Gasteiger partial charge in [0.1, 0.15) is 5.56 Å². The Kier molecular flexibility index (Phi) is 1.61. The Morgan fingerprint density at radius 1 is 1.06 bits per heavy atom. The molecule has 0 bridgehead atoms. The molecule has 1 fully saturated rings. The molecular weight excluding hydrogens is 216 g/mol. The van der Waals surface area contributed by atoms with E-state index >= 15 is 0 Å². The zero-order chi connectivity index (χ0) is 12.7. The summed E-state index contributed by atoms with van der Waals surface area (Å²) in [5.74, 6) is 2.32. The van der Waals surface area contributed by atoms with Crippen molar-refractivity contribution in [2.75, 3.05) is 0 Å². The van der Waals surface area contributed by atoms with Crippen molar-refractivity contribution in [3.8, 4) is 0 Å². The lowest BCUT2D eigenvalue weighted by Crippen LogP contribution is -2.24. The van der Waals surface area contributed by atoms with Crippen LogP contribution in [0.2, 0.25) is 0 Å². The van der Waals surface area contributed by atoms with E-state index in [4.69, 9.17) is 0 Å². The molecule has 90 valence electrons. The average Bonchev–Trinajstić information content (AvgIpc) is 2.85. The van der Waals surface area contributed by atoms with Crippen molar-refractivity contribution in [1.82, 2.24) is 0 Å². The van der Waals surface area contributed by atoms with E-state index in [2.05, 4.69) is 64.1 Å². The minimum absolute atomic E-state index is 0.338. The minimum atomic E-state index is 0.338. The maximum absolute atomic E-state index is 2.45. The van der Waals surface area contributed by atoms with E-state index < -0.39 is 0 Å². The zero-order valence-corrected chi connectivity index (χ0v) is 11.5. The van der Waals surface area contributed by atoms with E-state index in [0.29, 0.717) is 10.8 Å². The molecule has 0 radical (unpaired) electrons. The van der Waals surface area contributed by atoms with E-state index in [1.165, 1.54) is 16.3 Å². The fourth-order valence-electron chi connectivity index (χ4n) is 4.65. The van der Waals surface area contributed by atoms with Gasteiger partial charge in [0.25, 0.3) is 0 Å². The smallest absolute Gasteiger partial charge is 0.0595 e. The first-order chi connectivity index (χ1) is 8.53. The standard InChI is InChI=1S/C18H19/c1-11-14-9-5-7-13-8-6-10-15(16(13)14)18(4)12(2)17(11,18)3/h5-10,12H,1-4H3/q+1/t12-,17-,18-/m1/s1. The van der Waals surface area contributed by atoms with Crippen LogP contribution in [0, 0.1) is 17.3 Å². The summed E-state index contributed by atoms with van der Waals surface area (Å²) in [6.07, 6.45) is 0. The number of hydrogen-bond donors (Lipinski definition) is 0. The fraction of sp³-hybridized carbons (Fsp3) is 0.389. The molecule has 0 N–H and O–H groups in total. The number of fused-ring (bicyclic) bond motifs is 2. The third-order valence-electron chi connectivity index (χ3n) is 6.37. The molecule has 0 spiro atoms. The Labute approximate surface area is 109 Å². The normalized spacial score (nSPS) is 36.7. The van der Waals surface area contributed by atoms with Gasteiger partial charge in [0, 0.05) is 40.7 Å². The van der Waals surface area contributed by atoms with Crippen molar-refractivity contribution in [3.05, 3.63) is 53.4 Å². The van der Waals surface area contributed by atoms with E-state index in [9.17, 15) is 0 Å². The van der Waals surface area contributed by atoms with Gasteiger partial charge in [-0.25, -0.2) is 0 Å². The van der Waals surface area contributed by atoms with Crippen molar-refractivity contribution in [2.24, 2.45) is 11.3 Å². The molecule has 2 aliphatic carbocycles. The van der Waals surface area contributed by atoms with Gasteiger partial charge in [-0.05, 0) is 37.1 Å². The molecule has 2 aromatic rings. The Morgan fingerprint density at radius 2 is 1.72 bits per heavy atom. The Bertz CT molecular complexity index is 664. The molecule has 3 atom stereocenters. The highest BCUT2D eigenvalue weighted by Crippen LogP contribution is 2.77. The second kappa shape index (κ2) is 2.77. The van der Waals surface area contributed by atoms with Crippen molar-refractivity contribution in [2.45, 2.75) is 33.1 Å². The van der Waals surface area contributed by atoms with Crippen LogP contribution < -0.4 is 0 Å². The van der Waals surface area contributed by atoms with E-state index in [0.717, 1.165) is 5.92 Å². The van der Waals surface area contributed by atoms with Gasteiger partial charge in [-0.3, -0.25) is 0 Å². The SMILES string of the molecule is C[C+]1c2cccc3cccc(c23)[C@@]2(C)[C@H](C)[C@@]12C. The maximum Gasteiger partial charge on any atom is 0.141 e. The number of hydrogen-bond acceptors (Lipinski definition) is 0. The van der Waals surface area contributed by atoms with Crippen molar-refractivity contribution in [1.29, 1.82) is 0 Å². The first kappa shape index (κ1) is 10.5. The highest BCUT2D eigenvalue weighted by Gasteiger charge is 2.77. The number of benzene rings is 2. The first-order valence-corrected chi connectivity index (χ1v) is 6.89. The molecule has 0 amide bonds. The van der Waals surface area contributed by atoms with Crippen molar-refractivity contribution in [3.63, 3.8) is 0 Å². The van der Waals surface area contributed by atoms with Crippen LogP contribution in [0.1, 0.15) is 38.8 Å². The van der Waals surface area contributed by atoms with Crippen molar-refractivity contribution < 1.29 is 0 Å². The van der Waals surface area contributed by atoms with Gasteiger partial charge in [-0.1, -0.05) is 19.9 Å². The van der Waals surface area contributed by atoms with Crippen LogP contribution in [0.25, 0.3) is 10.8 Å². The fourth-order valence-corrected chi connectivity index (χ4v) is 4.65. The molecular formula is C18H19+. The molecule has 0 nitrogen and oxygen atoms in total. The molecule has 0 aliphatic heterocycles. The van der Waals surface area contributed by atoms with Gasteiger partial charge >= 0.3 is 0 Å². The summed E-state index contributed by atoms with van der Waals surface area (Å²) < 4.78 is 0. The lowest BCUT2D eigenvalue weighted by molar-refractivity contribution is 0.497. The molecule has 2 aromatic carbocycles. The Hall–Kier alpha value is -1.43. The molecule has 0 saturated heterocycles. The van der Waals surface area contributed by atoms with Gasteiger partial charge in [0.05, 0.1) is 5.39 Å². The zero-order valence-electron chi connectivity index (χ0n) is 11.5. The molecule has 1 saturated carbocycles. The summed E-state index contributed by atoms with van der Waals surface area (Å²) in [6, 6.07) is 13.6. The predicted molar refractivity (Wildman–Crippen MR) is 76.6 cm³/mol. The van der Waals surface area contributed by atoms with Gasteiger partial charge in [0.2, 0.25) is 0 Å². The predicted octanol–water partition coefficient (Wildman–Crippen LogP) is 4.71. The van der Waals surface area contributed by atoms with Crippen LogP contribution in [-0.4, -0.2) is 0 Å². The molecule has 0 heteroatoms. The van der Waals surface area contributed by atoms with Crippen molar-refractivity contribution >= 4 is 10.8 Å². The van der Waals surface area contributed by atoms with E-state index in [1.807, 2.05) is 0 Å². The maximum atomic E-state index is 2.45. The summed E-state index contributed by atoms with van der Waals surface area (Å²) in [5, 5.41) is 2.90. The summed E-state index contributed by atoms with van der Waals surface area (Å²) >= 11 is 0. The van der Waals surface area contributed by atoms with Gasteiger partial charge < -0.3 is 0 Å². The second-order valence-electron chi connectivity index (χ2n) is 6.46. The Balaban J connectivity index is 2.19. The molecule has 0 heterocycles. The van der Waals surface area contributed by atoms with Gasteiger partial charge in [0.15, 0.2) is 0 Å². The third kappa shape index (κ3) is 0.810. The average molecular weight is 235 g/mol. The first-order valence-electron chi connectivity index (χ1n) is 6.89. The Morgan fingerprint density at radius 3 is 2.44 bits per heavy atom. The monoisotopic (exact) mass is 235 g/mol. The molecule has 18 heavy (non-hydrogen) atoms. The largest absolute Gasteiger partial charge is 0.141 e. The second-order valence-corrected chi connectivity index (χ2v) is 6.46.